The molecule has 3 N–H and O–H groups in total. The van der Waals surface area contributed by atoms with E-state index in [4.69, 9.17) is 10.9 Å². The van der Waals surface area contributed by atoms with Crippen LogP contribution in [0.2, 0.25) is 0 Å². The van der Waals surface area contributed by atoms with E-state index < -0.39 is 0 Å². The van der Waals surface area contributed by atoms with E-state index in [2.05, 4.69) is 10.3 Å². The van der Waals surface area contributed by atoms with Gasteiger partial charge in [0.2, 0.25) is 0 Å². The van der Waals surface area contributed by atoms with E-state index in [1.807, 2.05) is 0 Å². The van der Waals surface area contributed by atoms with Crippen molar-refractivity contribution < 1.29 is 10.0 Å². The molecule has 0 atom stereocenters. The van der Waals surface area contributed by atoms with Crippen molar-refractivity contribution in [2.75, 3.05) is 13.6 Å². The fourth-order valence-corrected chi connectivity index (χ4v) is 1.16. The van der Waals surface area contributed by atoms with Crippen LogP contribution in [0.4, 0.5) is 0 Å². The van der Waals surface area contributed by atoms with Gasteiger partial charge in [0.15, 0.2) is 0 Å². The molecule has 0 radical (unpaired) electrons. The van der Waals surface area contributed by atoms with Crippen LogP contribution in [0, 0.1) is 0 Å². The number of oxime groups is 1. The normalized spacial score (nSPS) is 11.5. The molecule has 0 unspecified atom stereocenters. The van der Waals surface area contributed by atoms with Crippen LogP contribution in [0.25, 0.3) is 0 Å². The molecular formula is C9H15N5O2. The Morgan fingerprint density at radius 3 is 2.94 bits per heavy atom. The topological polar surface area (TPSA) is 96.7 Å². The van der Waals surface area contributed by atoms with E-state index in [-0.39, 0.29) is 11.7 Å². The maximum absolute atomic E-state index is 11.8. The van der Waals surface area contributed by atoms with Gasteiger partial charge in [-0.2, -0.15) is 5.10 Å². The van der Waals surface area contributed by atoms with E-state index in [1.54, 1.807) is 31.0 Å². The summed E-state index contributed by atoms with van der Waals surface area (Å²) in [5.74, 6) is -0.0907. The molecule has 1 aromatic rings. The summed E-state index contributed by atoms with van der Waals surface area (Å²) in [6.45, 7) is 0.380. The van der Waals surface area contributed by atoms with Crippen LogP contribution in [0.5, 0.6) is 0 Å². The number of hydrogen-bond donors (Lipinski definition) is 2. The van der Waals surface area contributed by atoms with Gasteiger partial charge in [0.25, 0.3) is 5.91 Å². The van der Waals surface area contributed by atoms with Gasteiger partial charge in [0.1, 0.15) is 11.5 Å². The van der Waals surface area contributed by atoms with Crippen LogP contribution in [0.1, 0.15) is 16.9 Å². The zero-order valence-electron chi connectivity index (χ0n) is 9.29. The number of nitrogens with zero attached hydrogens (tertiary/aromatic N) is 4. The van der Waals surface area contributed by atoms with Crippen molar-refractivity contribution in [1.82, 2.24) is 14.7 Å². The second kappa shape index (κ2) is 5.15. The van der Waals surface area contributed by atoms with Crippen molar-refractivity contribution in [2.24, 2.45) is 17.9 Å². The summed E-state index contributed by atoms with van der Waals surface area (Å²) in [6.07, 6.45) is 2.02. The summed E-state index contributed by atoms with van der Waals surface area (Å²) in [7, 11) is 3.38. The first kappa shape index (κ1) is 12.0. The predicted molar refractivity (Wildman–Crippen MR) is 58.2 cm³/mol. The molecule has 0 saturated heterocycles. The average molecular weight is 225 g/mol. The van der Waals surface area contributed by atoms with E-state index in [9.17, 15) is 4.79 Å². The Kier molecular flexibility index (Phi) is 3.87. The van der Waals surface area contributed by atoms with Gasteiger partial charge in [-0.05, 0) is 6.07 Å². The Morgan fingerprint density at radius 1 is 1.75 bits per heavy atom. The number of aryl methyl sites for hydroxylation is 1. The van der Waals surface area contributed by atoms with Crippen molar-refractivity contribution in [1.29, 1.82) is 0 Å². The highest BCUT2D eigenvalue weighted by molar-refractivity contribution is 5.92. The quantitative estimate of drug-likeness (QED) is 0.316. The average Bonchev–Trinajstić information content (AvgIpc) is 2.71. The van der Waals surface area contributed by atoms with Crippen LogP contribution in [0.15, 0.2) is 17.4 Å². The van der Waals surface area contributed by atoms with Gasteiger partial charge in [0.05, 0.1) is 0 Å². The second-order valence-electron chi connectivity index (χ2n) is 3.44. The monoisotopic (exact) mass is 225 g/mol. The molecule has 16 heavy (non-hydrogen) atoms. The lowest BCUT2D eigenvalue weighted by Gasteiger charge is -2.14. The number of rotatable bonds is 4. The van der Waals surface area contributed by atoms with Gasteiger partial charge in [-0.25, -0.2) is 0 Å². The fraction of sp³-hybridized carbons (Fsp3) is 0.444. The molecule has 1 amide bonds. The Labute approximate surface area is 93.1 Å². The van der Waals surface area contributed by atoms with Gasteiger partial charge in [0, 0.05) is 33.3 Å². The van der Waals surface area contributed by atoms with Crippen molar-refractivity contribution in [3.8, 4) is 0 Å². The number of nitrogens with two attached hydrogens (primary N) is 1. The summed E-state index contributed by atoms with van der Waals surface area (Å²) >= 11 is 0. The highest BCUT2D eigenvalue weighted by Gasteiger charge is 2.14. The molecule has 88 valence electrons. The highest BCUT2D eigenvalue weighted by Crippen LogP contribution is 2.00. The minimum Gasteiger partial charge on any atom is -0.409 e. The summed E-state index contributed by atoms with van der Waals surface area (Å²) in [5.41, 5.74) is 5.69. The molecule has 0 bridgehead atoms. The molecule has 0 aromatic carbocycles. The molecule has 0 aliphatic rings. The van der Waals surface area contributed by atoms with E-state index >= 15 is 0 Å². The lowest BCUT2D eigenvalue weighted by atomic mass is 10.3. The Morgan fingerprint density at radius 2 is 2.44 bits per heavy atom. The van der Waals surface area contributed by atoms with Gasteiger partial charge >= 0.3 is 0 Å². The van der Waals surface area contributed by atoms with E-state index in [0.29, 0.717) is 18.7 Å². The van der Waals surface area contributed by atoms with Crippen molar-refractivity contribution in [3.63, 3.8) is 0 Å². The number of aromatic nitrogens is 2. The smallest absolute Gasteiger partial charge is 0.274 e. The van der Waals surface area contributed by atoms with Gasteiger partial charge < -0.3 is 15.8 Å². The summed E-state index contributed by atoms with van der Waals surface area (Å²) < 4.78 is 1.56. The third-order valence-corrected chi connectivity index (χ3v) is 2.11. The number of amides is 1. The third kappa shape index (κ3) is 2.97. The van der Waals surface area contributed by atoms with Gasteiger partial charge in [-0.1, -0.05) is 5.16 Å². The lowest BCUT2D eigenvalue weighted by Crippen LogP contribution is -2.30. The first-order valence-electron chi connectivity index (χ1n) is 4.76. The molecule has 0 aliphatic heterocycles. The molecule has 0 saturated carbocycles. The van der Waals surface area contributed by atoms with Crippen LogP contribution < -0.4 is 5.73 Å². The number of carbonyl (C=O) groups is 1. The van der Waals surface area contributed by atoms with Gasteiger partial charge in [-0.3, -0.25) is 9.48 Å². The minimum absolute atomic E-state index is 0.0978. The Bertz CT molecular complexity index is 398. The first-order chi connectivity index (χ1) is 7.54. The summed E-state index contributed by atoms with van der Waals surface area (Å²) in [6, 6.07) is 1.64. The molecule has 0 spiro atoms. The number of carbonyl (C=O) groups excluding carboxylic acids is 1. The lowest BCUT2D eigenvalue weighted by molar-refractivity contribution is 0.0792. The fourth-order valence-electron chi connectivity index (χ4n) is 1.16. The Balaban J connectivity index is 2.54. The standard InChI is InChI=1S/C9H15N5O2/c1-13(5-4-8(10)12-16)9(15)7-3-6-14(2)11-7/h3,6,16H,4-5H2,1-2H3,(H2,10,12). The number of hydrogen-bond acceptors (Lipinski definition) is 4. The molecule has 1 rings (SSSR count). The highest BCUT2D eigenvalue weighted by atomic mass is 16.4. The van der Waals surface area contributed by atoms with Crippen LogP contribution in [0.3, 0.4) is 0 Å². The molecule has 7 heteroatoms. The minimum atomic E-state index is -0.189. The van der Waals surface area contributed by atoms with E-state index in [1.165, 1.54) is 4.90 Å². The van der Waals surface area contributed by atoms with Crippen molar-refractivity contribution in [2.45, 2.75) is 6.42 Å². The zero-order chi connectivity index (χ0) is 12.1. The van der Waals surface area contributed by atoms with Crippen LogP contribution in [-0.4, -0.2) is 45.2 Å². The number of amidine groups is 1. The van der Waals surface area contributed by atoms with E-state index in [0.717, 1.165) is 0 Å². The zero-order valence-corrected chi connectivity index (χ0v) is 9.29. The molecular weight excluding hydrogens is 210 g/mol. The SMILES string of the molecule is CN(CC/C(N)=N/O)C(=O)c1ccn(C)n1. The van der Waals surface area contributed by atoms with Crippen LogP contribution >= 0.6 is 0 Å². The Hall–Kier alpha value is -2.05. The molecule has 1 aromatic heterocycles. The molecule has 7 nitrogen and oxygen atoms in total. The largest absolute Gasteiger partial charge is 0.409 e. The second-order valence-corrected chi connectivity index (χ2v) is 3.44. The molecule has 0 fully saturated rings. The molecule has 1 heterocycles. The van der Waals surface area contributed by atoms with Crippen molar-refractivity contribution >= 4 is 11.7 Å². The maximum Gasteiger partial charge on any atom is 0.274 e. The van der Waals surface area contributed by atoms with Crippen molar-refractivity contribution in [3.05, 3.63) is 18.0 Å². The van der Waals surface area contributed by atoms with Gasteiger partial charge in [-0.15, -0.1) is 0 Å². The predicted octanol–water partition coefficient (Wildman–Crippen LogP) is -0.371. The first-order valence-corrected chi connectivity index (χ1v) is 4.76. The molecule has 0 aliphatic carbocycles. The van der Waals surface area contributed by atoms with Crippen LogP contribution in [-0.2, 0) is 7.05 Å². The third-order valence-electron chi connectivity index (χ3n) is 2.11. The maximum atomic E-state index is 11.8. The summed E-state index contributed by atoms with van der Waals surface area (Å²) in [4.78, 5) is 13.2. The summed E-state index contributed by atoms with van der Waals surface area (Å²) in [5, 5.41) is 15.2.